The zero-order chi connectivity index (χ0) is 15.0. The molecule has 3 heterocycles. The predicted molar refractivity (Wildman–Crippen MR) is 77.3 cm³/mol. The van der Waals surface area contributed by atoms with Crippen molar-refractivity contribution in [1.82, 2.24) is 9.38 Å². The maximum Gasteiger partial charge on any atom is 0.337 e. The van der Waals surface area contributed by atoms with Crippen LogP contribution in [0.1, 0.15) is 35.4 Å². The molecular weight excluding hydrogens is 292 g/mol. The van der Waals surface area contributed by atoms with Crippen LogP contribution in [0.25, 0.3) is 5.52 Å². The Balaban J connectivity index is 1.97. The molecule has 0 bridgehead atoms. The van der Waals surface area contributed by atoms with Gasteiger partial charge >= 0.3 is 5.97 Å². The van der Waals surface area contributed by atoms with Crippen molar-refractivity contribution in [2.75, 3.05) is 5.75 Å². The summed E-state index contributed by atoms with van der Waals surface area (Å²) in [4.78, 5) is 15.3. The summed E-state index contributed by atoms with van der Waals surface area (Å²) in [6.07, 6.45) is 5.75. The molecule has 112 valence electrons. The van der Waals surface area contributed by atoms with Crippen LogP contribution in [0.2, 0.25) is 0 Å². The van der Waals surface area contributed by atoms with Gasteiger partial charge < -0.3 is 9.51 Å². The molecule has 2 aromatic heterocycles. The topological polar surface area (TPSA) is 88.7 Å². The number of nitrogens with zero attached hydrogens (tertiary/aromatic N) is 2. The maximum absolute atomic E-state index is 12.1. The van der Waals surface area contributed by atoms with E-state index in [1.165, 1.54) is 12.3 Å². The molecule has 3 rings (SSSR count). The van der Waals surface area contributed by atoms with E-state index in [2.05, 4.69) is 4.98 Å². The van der Waals surface area contributed by atoms with Gasteiger partial charge in [-0.15, -0.1) is 0 Å². The number of rotatable bonds is 3. The number of carbonyl (C=O) groups is 1. The Labute approximate surface area is 122 Å². The van der Waals surface area contributed by atoms with Crippen LogP contribution in [0.5, 0.6) is 0 Å². The van der Waals surface area contributed by atoms with Gasteiger partial charge in [0.1, 0.15) is 5.82 Å². The first kappa shape index (κ1) is 14.1. The molecule has 1 atom stereocenters. The molecule has 21 heavy (non-hydrogen) atoms. The Morgan fingerprint density at radius 1 is 1.38 bits per heavy atom. The van der Waals surface area contributed by atoms with Gasteiger partial charge in [0.05, 0.1) is 28.3 Å². The van der Waals surface area contributed by atoms with Gasteiger partial charge in [0.15, 0.2) is 9.84 Å². The highest BCUT2D eigenvalue weighted by molar-refractivity contribution is 7.92. The van der Waals surface area contributed by atoms with Gasteiger partial charge in [0.25, 0.3) is 0 Å². The number of carboxylic acids is 1. The van der Waals surface area contributed by atoms with Crippen molar-refractivity contribution in [2.24, 2.45) is 0 Å². The standard InChI is InChI=1S/C14H16N2O4S/c17-14(18)10-4-5-11-8-15-13(16(11)9-10)7-12-3-1-2-6-21(12,19)20/h4-5,8-9,12H,1-3,6-7H2,(H,17,18). The van der Waals surface area contributed by atoms with E-state index in [4.69, 9.17) is 5.11 Å². The number of pyridine rings is 1. The summed E-state index contributed by atoms with van der Waals surface area (Å²) in [6, 6.07) is 3.19. The monoisotopic (exact) mass is 308 g/mol. The third kappa shape index (κ3) is 2.65. The number of aromatic nitrogens is 2. The minimum absolute atomic E-state index is 0.160. The average molecular weight is 308 g/mol. The lowest BCUT2D eigenvalue weighted by Crippen LogP contribution is -2.30. The Bertz CT molecular complexity index is 794. The van der Waals surface area contributed by atoms with Crippen LogP contribution in [0.15, 0.2) is 24.5 Å². The normalized spacial score (nSPS) is 21.4. The highest BCUT2D eigenvalue weighted by atomic mass is 32.2. The fourth-order valence-corrected chi connectivity index (χ4v) is 4.64. The van der Waals surface area contributed by atoms with Crippen LogP contribution < -0.4 is 0 Å². The first-order valence-corrected chi connectivity index (χ1v) is 8.60. The molecule has 2 aromatic rings. The number of hydrogen-bond acceptors (Lipinski definition) is 4. The number of aromatic carboxylic acids is 1. The molecule has 0 aromatic carbocycles. The van der Waals surface area contributed by atoms with E-state index < -0.39 is 21.1 Å². The van der Waals surface area contributed by atoms with Crippen molar-refractivity contribution >= 4 is 21.3 Å². The van der Waals surface area contributed by atoms with Crippen molar-refractivity contribution in [1.29, 1.82) is 0 Å². The van der Waals surface area contributed by atoms with Crippen molar-refractivity contribution in [2.45, 2.75) is 30.9 Å². The summed E-state index contributed by atoms with van der Waals surface area (Å²) in [5, 5.41) is 8.64. The average Bonchev–Trinajstić information content (AvgIpc) is 2.83. The van der Waals surface area contributed by atoms with Crippen LogP contribution in [-0.2, 0) is 16.3 Å². The first-order valence-electron chi connectivity index (χ1n) is 6.88. The molecule has 1 unspecified atom stereocenters. The van der Waals surface area contributed by atoms with E-state index in [-0.39, 0.29) is 11.3 Å². The summed E-state index contributed by atoms with van der Waals surface area (Å²) in [7, 11) is -3.06. The minimum Gasteiger partial charge on any atom is -0.478 e. The maximum atomic E-state index is 12.1. The lowest BCUT2D eigenvalue weighted by molar-refractivity contribution is 0.0696. The first-order chi connectivity index (χ1) is 9.97. The van der Waals surface area contributed by atoms with E-state index in [1.807, 2.05) is 0 Å². The molecule has 1 aliphatic heterocycles. The zero-order valence-electron chi connectivity index (χ0n) is 11.4. The molecule has 0 amide bonds. The molecule has 0 saturated carbocycles. The van der Waals surface area contributed by atoms with Gasteiger partial charge in [-0.2, -0.15) is 0 Å². The largest absolute Gasteiger partial charge is 0.478 e. The lowest BCUT2D eigenvalue weighted by Gasteiger charge is -2.21. The quantitative estimate of drug-likeness (QED) is 0.929. The number of imidazole rings is 1. The summed E-state index contributed by atoms with van der Waals surface area (Å²) < 4.78 is 25.9. The van der Waals surface area contributed by atoms with Gasteiger partial charge in [-0.05, 0) is 25.0 Å². The second kappa shape index (κ2) is 5.14. The minimum atomic E-state index is -3.06. The molecule has 0 spiro atoms. The third-order valence-electron chi connectivity index (χ3n) is 3.97. The SMILES string of the molecule is O=C(O)c1ccc2cnc(CC3CCCCS3(=O)=O)n2c1. The lowest BCUT2D eigenvalue weighted by atomic mass is 10.1. The van der Waals surface area contributed by atoms with E-state index in [9.17, 15) is 13.2 Å². The van der Waals surface area contributed by atoms with Crippen molar-refractivity contribution in [3.8, 4) is 0 Å². The molecule has 1 N–H and O–H groups in total. The molecule has 6 nitrogen and oxygen atoms in total. The Morgan fingerprint density at radius 2 is 2.19 bits per heavy atom. The number of hydrogen-bond donors (Lipinski definition) is 1. The molecular formula is C14H16N2O4S. The fourth-order valence-electron chi connectivity index (χ4n) is 2.78. The summed E-state index contributed by atoms with van der Waals surface area (Å²) in [5.74, 6) is -0.174. The van der Waals surface area contributed by atoms with Crippen molar-refractivity contribution in [3.05, 3.63) is 35.9 Å². The molecule has 1 saturated heterocycles. The summed E-state index contributed by atoms with van der Waals surface area (Å²) >= 11 is 0. The predicted octanol–water partition coefficient (Wildman–Crippen LogP) is 1.54. The number of sulfone groups is 1. The van der Waals surface area contributed by atoms with Gasteiger partial charge in [0.2, 0.25) is 0 Å². The molecule has 1 fully saturated rings. The Morgan fingerprint density at radius 3 is 2.90 bits per heavy atom. The van der Waals surface area contributed by atoms with Crippen LogP contribution in [0.4, 0.5) is 0 Å². The van der Waals surface area contributed by atoms with Crippen LogP contribution in [-0.4, -0.2) is 39.9 Å². The summed E-state index contributed by atoms with van der Waals surface area (Å²) in [6.45, 7) is 0. The van der Waals surface area contributed by atoms with Gasteiger partial charge in [-0.1, -0.05) is 6.42 Å². The van der Waals surface area contributed by atoms with Gasteiger partial charge in [-0.25, -0.2) is 18.2 Å². The molecule has 7 heteroatoms. The van der Waals surface area contributed by atoms with E-state index >= 15 is 0 Å². The van der Waals surface area contributed by atoms with Crippen molar-refractivity contribution < 1.29 is 18.3 Å². The number of carboxylic acid groups (broad SMARTS) is 1. The Hall–Kier alpha value is -1.89. The fraction of sp³-hybridized carbons (Fsp3) is 0.429. The Kier molecular flexibility index (Phi) is 3.44. The third-order valence-corrected chi connectivity index (χ3v) is 6.25. The summed E-state index contributed by atoms with van der Waals surface area (Å²) in [5.41, 5.74) is 0.927. The highest BCUT2D eigenvalue weighted by Gasteiger charge is 2.30. The van der Waals surface area contributed by atoms with Gasteiger partial charge in [-0.3, -0.25) is 0 Å². The van der Waals surface area contributed by atoms with Crippen LogP contribution in [0.3, 0.4) is 0 Å². The van der Waals surface area contributed by atoms with Crippen LogP contribution in [0, 0.1) is 0 Å². The zero-order valence-corrected chi connectivity index (χ0v) is 12.2. The molecule has 0 radical (unpaired) electrons. The smallest absolute Gasteiger partial charge is 0.337 e. The second-order valence-electron chi connectivity index (χ2n) is 5.38. The molecule has 0 aliphatic carbocycles. The molecule has 1 aliphatic rings. The number of fused-ring (bicyclic) bond motifs is 1. The van der Waals surface area contributed by atoms with Gasteiger partial charge in [0, 0.05) is 12.6 Å². The van der Waals surface area contributed by atoms with Crippen LogP contribution >= 0.6 is 0 Å². The van der Waals surface area contributed by atoms with E-state index in [1.54, 1.807) is 16.7 Å². The second-order valence-corrected chi connectivity index (χ2v) is 7.78. The highest BCUT2D eigenvalue weighted by Crippen LogP contribution is 2.23. The van der Waals surface area contributed by atoms with Crippen molar-refractivity contribution in [3.63, 3.8) is 0 Å². The van der Waals surface area contributed by atoms with E-state index in [0.29, 0.717) is 18.7 Å². The van der Waals surface area contributed by atoms with E-state index in [0.717, 1.165) is 18.4 Å².